The second-order valence-electron chi connectivity index (χ2n) is 5.31. The predicted octanol–water partition coefficient (Wildman–Crippen LogP) is 3.67. The Bertz CT molecular complexity index is 713. The molecule has 3 nitrogen and oxygen atoms in total. The summed E-state index contributed by atoms with van der Waals surface area (Å²) in [5, 5.41) is 0. The molecule has 2 N–H and O–H groups in total. The number of fused-ring (bicyclic) bond motifs is 1. The molecule has 0 bridgehead atoms. The highest BCUT2D eigenvalue weighted by Crippen LogP contribution is 2.27. The zero-order chi connectivity index (χ0) is 14.1. The molecule has 0 spiro atoms. The minimum atomic E-state index is -0.203. The van der Waals surface area contributed by atoms with Crippen LogP contribution in [0.5, 0.6) is 0 Å². The van der Waals surface area contributed by atoms with Crippen molar-refractivity contribution in [3.8, 4) is 0 Å². The average molecular weight is 265 g/mol. The zero-order valence-corrected chi connectivity index (χ0v) is 11.8. The number of hydrogen-bond donors (Lipinski definition) is 1. The molecule has 0 saturated heterocycles. The molecule has 0 saturated carbocycles. The van der Waals surface area contributed by atoms with Gasteiger partial charge in [0.15, 0.2) is 0 Å². The molecule has 20 heavy (non-hydrogen) atoms. The first kappa shape index (κ1) is 12.9. The molecule has 3 rings (SSSR count). The number of hydrogen-bond acceptors (Lipinski definition) is 2. The topological polar surface area (TPSA) is 43.8 Å². The summed E-state index contributed by atoms with van der Waals surface area (Å²) < 4.78 is 2.23. The Morgan fingerprint density at radius 2 is 1.60 bits per heavy atom. The fraction of sp³-hybridized carbons (Fsp3) is 0.235. The quantitative estimate of drug-likeness (QED) is 0.785. The summed E-state index contributed by atoms with van der Waals surface area (Å²) in [5.74, 6) is 0.924. The third-order valence-electron chi connectivity index (χ3n) is 3.58. The van der Waals surface area contributed by atoms with E-state index in [1.807, 2.05) is 36.4 Å². The van der Waals surface area contributed by atoms with Gasteiger partial charge in [0.05, 0.1) is 17.1 Å². The van der Waals surface area contributed by atoms with E-state index in [2.05, 4.69) is 36.6 Å². The molecule has 1 heterocycles. The normalized spacial score (nSPS) is 13.0. The monoisotopic (exact) mass is 265 g/mol. The van der Waals surface area contributed by atoms with Crippen LogP contribution in [0.4, 0.5) is 0 Å². The maximum atomic E-state index is 6.44. The summed E-state index contributed by atoms with van der Waals surface area (Å²) in [4.78, 5) is 4.75. The van der Waals surface area contributed by atoms with Crippen LogP contribution in [-0.2, 0) is 0 Å². The standard InChI is InChI=1S/C17H19N3/c1-12(2)20-15-11-7-6-10-14(15)19-17(20)16(18)13-8-4-3-5-9-13/h3-12,16H,18H2,1-2H3. The Morgan fingerprint density at radius 3 is 2.30 bits per heavy atom. The van der Waals surface area contributed by atoms with Crippen LogP contribution < -0.4 is 5.73 Å². The van der Waals surface area contributed by atoms with Crippen molar-refractivity contribution in [3.63, 3.8) is 0 Å². The molecule has 3 aromatic rings. The van der Waals surface area contributed by atoms with Gasteiger partial charge in [-0.05, 0) is 31.5 Å². The van der Waals surface area contributed by atoms with Crippen LogP contribution in [0.15, 0.2) is 54.6 Å². The van der Waals surface area contributed by atoms with Crippen LogP contribution in [0, 0.1) is 0 Å². The fourth-order valence-corrected chi connectivity index (χ4v) is 2.63. The Kier molecular flexibility index (Phi) is 3.28. The Labute approximate surface area is 119 Å². The second-order valence-corrected chi connectivity index (χ2v) is 5.31. The summed E-state index contributed by atoms with van der Waals surface area (Å²) in [7, 11) is 0. The molecule has 0 radical (unpaired) electrons. The largest absolute Gasteiger partial charge is 0.324 e. The van der Waals surface area contributed by atoms with Crippen molar-refractivity contribution in [1.29, 1.82) is 0 Å². The van der Waals surface area contributed by atoms with Crippen LogP contribution in [-0.4, -0.2) is 9.55 Å². The van der Waals surface area contributed by atoms with Gasteiger partial charge in [-0.1, -0.05) is 42.5 Å². The summed E-state index contributed by atoms with van der Waals surface area (Å²) >= 11 is 0. The van der Waals surface area contributed by atoms with E-state index >= 15 is 0 Å². The number of rotatable bonds is 3. The maximum Gasteiger partial charge on any atom is 0.131 e. The third kappa shape index (κ3) is 2.10. The van der Waals surface area contributed by atoms with Gasteiger partial charge in [-0.3, -0.25) is 0 Å². The van der Waals surface area contributed by atoms with E-state index in [0.717, 1.165) is 22.4 Å². The molecule has 2 aromatic carbocycles. The SMILES string of the molecule is CC(C)n1c(C(N)c2ccccc2)nc2ccccc21. The number of benzene rings is 2. The number of nitrogens with zero attached hydrogens (tertiary/aromatic N) is 2. The highest BCUT2D eigenvalue weighted by Gasteiger charge is 2.19. The molecule has 1 atom stereocenters. The first-order valence-electron chi connectivity index (χ1n) is 6.96. The number of para-hydroxylation sites is 2. The van der Waals surface area contributed by atoms with E-state index in [4.69, 9.17) is 10.7 Å². The van der Waals surface area contributed by atoms with Crippen LogP contribution in [0.3, 0.4) is 0 Å². The molecular weight excluding hydrogens is 246 g/mol. The van der Waals surface area contributed by atoms with Crippen LogP contribution >= 0.6 is 0 Å². The first-order valence-corrected chi connectivity index (χ1v) is 6.96. The van der Waals surface area contributed by atoms with Gasteiger partial charge in [-0.15, -0.1) is 0 Å². The van der Waals surface area contributed by atoms with Crippen LogP contribution in [0.2, 0.25) is 0 Å². The van der Waals surface area contributed by atoms with Crippen molar-refractivity contribution in [2.24, 2.45) is 5.73 Å². The van der Waals surface area contributed by atoms with E-state index in [1.165, 1.54) is 0 Å². The average Bonchev–Trinajstić information content (AvgIpc) is 2.86. The van der Waals surface area contributed by atoms with Gasteiger partial charge in [0.1, 0.15) is 5.82 Å². The van der Waals surface area contributed by atoms with Gasteiger partial charge in [-0.2, -0.15) is 0 Å². The van der Waals surface area contributed by atoms with Crippen molar-refractivity contribution in [3.05, 3.63) is 66.0 Å². The van der Waals surface area contributed by atoms with Gasteiger partial charge in [-0.25, -0.2) is 4.98 Å². The summed E-state index contributed by atoms with van der Waals surface area (Å²) in [6.45, 7) is 4.32. The van der Waals surface area contributed by atoms with E-state index < -0.39 is 0 Å². The zero-order valence-electron chi connectivity index (χ0n) is 11.8. The van der Waals surface area contributed by atoms with Crippen molar-refractivity contribution in [2.75, 3.05) is 0 Å². The summed E-state index contributed by atoms with van der Waals surface area (Å²) in [5.41, 5.74) is 9.67. The van der Waals surface area contributed by atoms with Crippen molar-refractivity contribution >= 4 is 11.0 Å². The lowest BCUT2D eigenvalue weighted by molar-refractivity contribution is 0.567. The molecule has 102 valence electrons. The van der Waals surface area contributed by atoms with Gasteiger partial charge >= 0.3 is 0 Å². The molecule has 1 aromatic heterocycles. The molecule has 0 aliphatic rings. The van der Waals surface area contributed by atoms with Gasteiger partial charge < -0.3 is 10.3 Å². The van der Waals surface area contributed by atoms with E-state index in [1.54, 1.807) is 0 Å². The Balaban J connectivity index is 2.18. The smallest absolute Gasteiger partial charge is 0.131 e. The second kappa shape index (κ2) is 5.10. The van der Waals surface area contributed by atoms with Gasteiger partial charge in [0.2, 0.25) is 0 Å². The Morgan fingerprint density at radius 1 is 0.950 bits per heavy atom. The lowest BCUT2D eigenvalue weighted by atomic mass is 10.1. The van der Waals surface area contributed by atoms with Crippen molar-refractivity contribution in [2.45, 2.75) is 25.9 Å². The minimum Gasteiger partial charge on any atom is -0.324 e. The lowest BCUT2D eigenvalue weighted by Gasteiger charge is -2.17. The Hall–Kier alpha value is -2.13. The molecule has 0 fully saturated rings. The fourth-order valence-electron chi connectivity index (χ4n) is 2.63. The number of nitrogens with two attached hydrogens (primary N) is 1. The molecule has 0 aliphatic heterocycles. The van der Waals surface area contributed by atoms with E-state index in [-0.39, 0.29) is 6.04 Å². The molecule has 1 unspecified atom stereocenters. The lowest BCUT2D eigenvalue weighted by Crippen LogP contribution is -2.19. The third-order valence-corrected chi connectivity index (χ3v) is 3.58. The highest BCUT2D eigenvalue weighted by molar-refractivity contribution is 5.76. The van der Waals surface area contributed by atoms with Crippen molar-refractivity contribution < 1.29 is 0 Å². The van der Waals surface area contributed by atoms with Gasteiger partial charge in [0, 0.05) is 6.04 Å². The predicted molar refractivity (Wildman–Crippen MR) is 82.6 cm³/mol. The van der Waals surface area contributed by atoms with Gasteiger partial charge in [0.25, 0.3) is 0 Å². The molecule has 0 amide bonds. The van der Waals surface area contributed by atoms with Crippen LogP contribution in [0.1, 0.15) is 37.3 Å². The van der Waals surface area contributed by atoms with Crippen molar-refractivity contribution in [1.82, 2.24) is 9.55 Å². The van der Waals surface area contributed by atoms with E-state index in [9.17, 15) is 0 Å². The number of aromatic nitrogens is 2. The summed E-state index contributed by atoms with van der Waals surface area (Å²) in [6.07, 6.45) is 0. The summed E-state index contributed by atoms with van der Waals surface area (Å²) in [6, 6.07) is 18.4. The van der Waals surface area contributed by atoms with E-state index in [0.29, 0.717) is 6.04 Å². The maximum absolute atomic E-state index is 6.44. The van der Waals surface area contributed by atoms with Crippen LogP contribution in [0.25, 0.3) is 11.0 Å². The molecular formula is C17H19N3. The number of imidazole rings is 1. The minimum absolute atomic E-state index is 0.203. The molecule has 3 heteroatoms. The molecule has 0 aliphatic carbocycles. The first-order chi connectivity index (χ1) is 9.68. The highest BCUT2D eigenvalue weighted by atomic mass is 15.1.